The standard InChI is InChI=1S/C14H14FN3O2/c1-18(14(20)10-5-13(19)17-7-10)8-11-4-9(6-16)2-3-12(11)15/h2-4,10H,5,7-8H2,1H3,(H,17,19). The van der Waals surface area contributed by atoms with Gasteiger partial charge in [0.25, 0.3) is 0 Å². The molecule has 1 atom stereocenters. The highest BCUT2D eigenvalue weighted by Gasteiger charge is 2.30. The van der Waals surface area contributed by atoms with Crippen LogP contribution < -0.4 is 5.32 Å². The van der Waals surface area contributed by atoms with E-state index in [1.165, 1.54) is 23.1 Å². The zero-order valence-corrected chi connectivity index (χ0v) is 11.0. The highest BCUT2D eigenvalue weighted by Crippen LogP contribution is 2.16. The van der Waals surface area contributed by atoms with Crippen LogP contribution in [-0.4, -0.2) is 30.3 Å². The maximum absolute atomic E-state index is 13.7. The molecular weight excluding hydrogens is 261 g/mol. The lowest BCUT2D eigenvalue weighted by Crippen LogP contribution is -2.33. The lowest BCUT2D eigenvalue weighted by Gasteiger charge is -2.20. The fourth-order valence-corrected chi connectivity index (χ4v) is 2.19. The van der Waals surface area contributed by atoms with Gasteiger partial charge in [0, 0.05) is 32.1 Å². The predicted molar refractivity (Wildman–Crippen MR) is 68.7 cm³/mol. The van der Waals surface area contributed by atoms with E-state index >= 15 is 0 Å². The minimum absolute atomic E-state index is 0.0743. The lowest BCUT2D eigenvalue weighted by atomic mass is 10.1. The van der Waals surface area contributed by atoms with Gasteiger partial charge >= 0.3 is 0 Å². The normalized spacial score (nSPS) is 17.4. The second kappa shape index (κ2) is 5.70. The Bertz CT molecular complexity index is 595. The molecule has 1 aliphatic rings. The maximum Gasteiger partial charge on any atom is 0.228 e. The van der Waals surface area contributed by atoms with E-state index in [4.69, 9.17) is 5.26 Å². The van der Waals surface area contributed by atoms with Crippen molar-refractivity contribution in [3.8, 4) is 6.07 Å². The van der Waals surface area contributed by atoms with Crippen LogP contribution >= 0.6 is 0 Å². The fourth-order valence-electron chi connectivity index (χ4n) is 2.19. The summed E-state index contributed by atoms with van der Waals surface area (Å²) in [5.41, 5.74) is 0.636. The number of rotatable bonds is 3. The van der Waals surface area contributed by atoms with Crippen molar-refractivity contribution >= 4 is 11.8 Å². The SMILES string of the molecule is CN(Cc1cc(C#N)ccc1F)C(=O)C1CNC(=O)C1. The van der Waals surface area contributed by atoms with Gasteiger partial charge in [-0.1, -0.05) is 0 Å². The van der Waals surface area contributed by atoms with Crippen molar-refractivity contribution in [3.63, 3.8) is 0 Å². The summed E-state index contributed by atoms with van der Waals surface area (Å²) in [7, 11) is 1.56. The van der Waals surface area contributed by atoms with E-state index in [2.05, 4.69) is 5.32 Å². The van der Waals surface area contributed by atoms with Crippen molar-refractivity contribution in [2.45, 2.75) is 13.0 Å². The number of benzene rings is 1. The number of nitrogens with one attached hydrogen (secondary N) is 1. The van der Waals surface area contributed by atoms with E-state index in [1.54, 1.807) is 7.05 Å². The minimum atomic E-state index is -0.454. The van der Waals surface area contributed by atoms with Crippen LogP contribution in [0.4, 0.5) is 4.39 Å². The monoisotopic (exact) mass is 275 g/mol. The number of halogens is 1. The highest BCUT2D eigenvalue weighted by atomic mass is 19.1. The second-order valence-electron chi connectivity index (χ2n) is 4.82. The Labute approximate surface area is 116 Å². The quantitative estimate of drug-likeness (QED) is 0.886. The molecule has 1 aromatic rings. The molecule has 0 aromatic heterocycles. The molecule has 1 saturated heterocycles. The van der Waals surface area contributed by atoms with Crippen molar-refractivity contribution in [2.75, 3.05) is 13.6 Å². The van der Waals surface area contributed by atoms with Crippen molar-refractivity contribution < 1.29 is 14.0 Å². The molecule has 1 heterocycles. The van der Waals surface area contributed by atoms with Crippen LogP contribution in [0.5, 0.6) is 0 Å². The Morgan fingerprint density at radius 1 is 1.60 bits per heavy atom. The third-order valence-corrected chi connectivity index (χ3v) is 3.29. The molecule has 1 unspecified atom stereocenters. The molecule has 0 bridgehead atoms. The van der Waals surface area contributed by atoms with Gasteiger partial charge in [0.05, 0.1) is 17.6 Å². The van der Waals surface area contributed by atoms with E-state index in [0.717, 1.165) is 0 Å². The summed E-state index contributed by atoms with van der Waals surface area (Å²) in [4.78, 5) is 24.6. The molecule has 0 saturated carbocycles. The number of nitriles is 1. The minimum Gasteiger partial charge on any atom is -0.355 e. The van der Waals surface area contributed by atoms with Crippen LogP contribution in [0.25, 0.3) is 0 Å². The zero-order valence-electron chi connectivity index (χ0n) is 11.0. The summed E-state index contributed by atoms with van der Waals surface area (Å²) in [5.74, 6) is -1.20. The summed E-state index contributed by atoms with van der Waals surface area (Å²) in [5, 5.41) is 11.4. The number of hydrogen-bond donors (Lipinski definition) is 1. The van der Waals surface area contributed by atoms with Crippen LogP contribution in [0.3, 0.4) is 0 Å². The van der Waals surface area contributed by atoms with Gasteiger partial charge in [-0.25, -0.2) is 4.39 Å². The van der Waals surface area contributed by atoms with Gasteiger partial charge in [-0.15, -0.1) is 0 Å². The Morgan fingerprint density at radius 3 is 2.95 bits per heavy atom. The topological polar surface area (TPSA) is 73.2 Å². The molecular formula is C14H14FN3O2. The first-order valence-electron chi connectivity index (χ1n) is 6.21. The molecule has 5 nitrogen and oxygen atoms in total. The molecule has 1 aromatic carbocycles. The number of carbonyl (C=O) groups excluding carboxylic acids is 2. The van der Waals surface area contributed by atoms with Gasteiger partial charge < -0.3 is 10.2 Å². The van der Waals surface area contributed by atoms with E-state index < -0.39 is 11.7 Å². The third kappa shape index (κ3) is 2.94. The van der Waals surface area contributed by atoms with Crippen LogP contribution in [-0.2, 0) is 16.1 Å². The largest absolute Gasteiger partial charge is 0.355 e. The first kappa shape index (κ1) is 14.0. The van der Waals surface area contributed by atoms with Crippen LogP contribution in [0.15, 0.2) is 18.2 Å². The first-order chi connectivity index (χ1) is 9.51. The summed E-state index contributed by atoms with van der Waals surface area (Å²) in [6, 6.07) is 5.97. The van der Waals surface area contributed by atoms with Crippen molar-refractivity contribution in [1.82, 2.24) is 10.2 Å². The molecule has 6 heteroatoms. The van der Waals surface area contributed by atoms with Gasteiger partial charge in [0.1, 0.15) is 5.82 Å². The van der Waals surface area contributed by atoms with Gasteiger partial charge in [0.2, 0.25) is 11.8 Å². The Balaban J connectivity index is 2.08. The van der Waals surface area contributed by atoms with Crippen LogP contribution in [0.1, 0.15) is 17.5 Å². The summed E-state index contributed by atoms with van der Waals surface area (Å²) >= 11 is 0. The number of carbonyl (C=O) groups is 2. The van der Waals surface area contributed by atoms with Gasteiger partial charge in [-0.2, -0.15) is 5.26 Å². The first-order valence-corrected chi connectivity index (χ1v) is 6.21. The molecule has 1 aliphatic heterocycles. The smallest absolute Gasteiger partial charge is 0.228 e. The van der Waals surface area contributed by atoms with E-state index in [-0.39, 0.29) is 30.3 Å². The van der Waals surface area contributed by atoms with Gasteiger partial charge in [-0.3, -0.25) is 9.59 Å². The molecule has 0 aliphatic carbocycles. The lowest BCUT2D eigenvalue weighted by molar-refractivity contribution is -0.135. The van der Waals surface area contributed by atoms with Crippen LogP contribution in [0, 0.1) is 23.1 Å². The molecule has 1 N–H and O–H groups in total. The molecule has 1 fully saturated rings. The average molecular weight is 275 g/mol. The Hall–Kier alpha value is -2.42. The van der Waals surface area contributed by atoms with Crippen LogP contribution in [0.2, 0.25) is 0 Å². The summed E-state index contributed by atoms with van der Waals surface area (Å²) in [6.45, 7) is 0.396. The van der Waals surface area contributed by atoms with Crippen molar-refractivity contribution in [2.24, 2.45) is 5.92 Å². The predicted octanol–water partition coefficient (Wildman–Crippen LogP) is 0.792. The van der Waals surface area contributed by atoms with Crippen molar-refractivity contribution in [3.05, 3.63) is 35.1 Å². The molecule has 2 amide bonds. The Morgan fingerprint density at radius 2 is 2.35 bits per heavy atom. The molecule has 0 radical (unpaired) electrons. The van der Waals surface area contributed by atoms with E-state index in [1.807, 2.05) is 6.07 Å². The molecule has 20 heavy (non-hydrogen) atoms. The number of hydrogen-bond acceptors (Lipinski definition) is 3. The maximum atomic E-state index is 13.7. The zero-order chi connectivity index (χ0) is 14.7. The molecule has 0 spiro atoms. The molecule has 104 valence electrons. The number of amides is 2. The average Bonchev–Trinajstić information content (AvgIpc) is 2.87. The fraction of sp³-hybridized carbons (Fsp3) is 0.357. The van der Waals surface area contributed by atoms with Gasteiger partial charge in [-0.05, 0) is 18.2 Å². The third-order valence-electron chi connectivity index (χ3n) is 3.29. The van der Waals surface area contributed by atoms with Gasteiger partial charge in [0.15, 0.2) is 0 Å². The van der Waals surface area contributed by atoms with Crippen molar-refractivity contribution in [1.29, 1.82) is 5.26 Å². The Kier molecular flexibility index (Phi) is 3.99. The highest BCUT2D eigenvalue weighted by molar-refractivity contribution is 5.89. The summed E-state index contributed by atoms with van der Waals surface area (Å²) < 4.78 is 13.7. The van der Waals surface area contributed by atoms with E-state index in [9.17, 15) is 14.0 Å². The second-order valence-corrected chi connectivity index (χ2v) is 4.82. The summed E-state index contributed by atoms with van der Waals surface area (Å²) in [6.07, 6.45) is 0.171. The number of nitrogens with zero attached hydrogens (tertiary/aromatic N) is 2. The van der Waals surface area contributed by atoms with E-state index in [0.29, 0.717) is 12.1 Å². The molecule has 2 rings (SSSR count).